The van der Waals surface area contributed by atoms with Gasteiger partial charge in [0.2, 0.25) is 23.6 Å². The Balaban J connectivity index is 0.0000159. The van der Waals surface area contributed by atoms with Crippen molar-refractivity contribution in [2.45, 2.75) is 313 Å². The molecule has 0 saturated heterocycles. The van der Waals surface area contributed by atoms with Crippen LogP contribution in [0.25, 0.3) is 0 Å². The Morgan fingerprint density at radius 1 is 0.264 bits per heavy atom. The van der Waals surface area contributed by atoms with Gasteiger partial charge in [-0.15, -0.1) is 0 Å². The Morgan fingerprint density at radius 2 is 0.352 bits per heavy atom. The average Bonchev–Trinajstić information content (AvgIpc) is 3.41. The molecule has 0 unspecified atom stereocenters. The van der Waals surface area contributed by atoms with E-state index in [0.717, 1.165) is 0 Å². The Bertz CT molecular complexity index is 2150. The second-order valence-corrected chi connectivity index (χ2v) is 27.6. The Hall–Kier alpha value is -6.61. The average molecular weight is 1280 g/mol. The van der Waals surface area contributed by atoms with Crippen LogP contribution in [0.4, 0.5) is 0 Å². The minimum Gasteiger partial charge on any atom is -0.483 e. The Morgan fingerprint density at radius 3 is 0.429 bits per heavy atom. The molecule has 0 heterocycles. The van der Waals surface area contributed by atoms with Gasteiger partial charge < -0.3 is 83.9 Å². The zero-order valence-corrected chi connectivity index (χ0v) is 55.2. The lowest BCUT2D eigenvalue weighted by Gasteiger charge is -2.68. The lowest BCUT2D eigenvalue weighted by Crippen LogP contribution is -2.74. The fourth-order valence-electron chi connectivity index (χ4n) is 14.3. The van der Waals surface area contributed by atoms with E-state index in [4.69, 9.17) is 9.90 Å². The third-order valence-electron chi connectivity index (χ3n) is 19.0. The number of carbonyl (C=O) groups is 17. The highest BCUT2D eigenvalue weighted by molar-refractivity contribution is 5.98. The quantitative estimate of drug-likeness (QED) is 0.0355. The molecule has 4 bridgehead atoms. The third kappa shape index (κ3) is 26.1. The molecule has 4 aliphatic rings. The molecular weight excluding hydrogens is 1170 g/mol. The predicted molar refractivity (Wildman–Crippen MR) is 342 cm³/mol. The maximum atomic E-state index is 16.5. The SMILES string of the molecule is C.C.CC(=O)CCC(CCC(C)=O)(CCC(C)=O)NC(=O)C12CC3(C(=O)NC(CCC(C)=O)(CCC(C)=O)CCC(C)=O)CC(C(=O)NC(CCC(C)=O)(CCC(C)=O)CCC(C)=O)(C1)CC(C(=O)NC(CCC(C)=O)(CCC(C)=O)CCC(C)=O)(C2)C3.O=CO. The molecule has 4 saturated carbocycles. The van der Waals surface area contributed by atoms with E-state index < -0.39 is 67.4 Å². The van der Waals surface area contributed by atoms with Gasteiger partial charge in [0.15, 0.2) is 0 Å². The van der Waals surface area contributed by atoms with Gasteiger partial charge in [-0.25, -0.2) is 0 Å². The number of ketones is 12. The number of hydrogen-bond donors (Lipinski definition) is 5. The lowest BCUT2D eigenvalue weighted by molar-refractivity contribution is -0.211. The molecule has 0 aromatic carbocycles. The van der Waals surface area contributed by atoms with E-state index in [1.807, 2.05) is 0 Å². The van der Waals surface area contributed by atoms with Crippen molar-refractivity contribution in [2.24, 2.45) is 21.7 Å². The van der Waals surface area contributed by atoms with Gasteiger partial charge in [-0.1, -0.05) is 14.9 Å². The number of amides is 4. The molecule has 22 nitrogen and oxygen atoms in total. The highest BCUT2D eigenvalue weighted by Crippen LogP contribution is 2.74. The van der Waals surface area contributed by atoms with Gasteiger partial charge in [0.25, 0.3) is 6.47 Å². The van der Waals surface area contributed by atoms with Crippen LogP contribution in [0.15, 0.2) is 0 Å². The molecule has 91 heavy (non-hydrogen) atoms. The summed E-state index contributed by atoms with van der Waals surface area (Å²) in [5.41, 5.74) is -13.1. The predicted octanol–water partition coefficient (Wildman–Crippen LogP) is 9.14. The van der Waals surface area contributed by atoms with Gasteiger partial charge in [0, 0.05) is 99.2 Å². The smallest absolute Gasteiger partial charge is 0.290 e. The first-order valence-electron chi connectivity index (χ1n) is 31.5. The van der Waals surface area contributed by atoms with Crippen LogP contribution in [0.2, 0.25) is 0 Å². The highest BCUT2D eigenvalue weighted by atomic mass is 16.3. The molecule has 22 heteroatoms. The molecule has 4 aliphatic carbocycles. The van der Waals surface area contributed by atoms with Gasteiger partial charge in [0.1, 0.15) is 69.4 Å². The van der Waals surface area contributed by atoms with Crippen LogP contribution >= 0.6 is 0 Å². The van der Waals surface area contributed by atoms with E-state index >= 15 is 19.2 Å². The van der Waals surface area contributed by atoms with Crippen molar-refractivity contribution in [2.75, 3.05) is 0 Å². The zero-order valence-electron chi connectivity index (χ0n) is 55.2. The second-order valence-electron chi connectivity index (χ2n) is 27.6. The topological polar surface area (TPSA) is 359 Å². The van der Waals surface area contributed by atoms with Crippen LogP contribution in [0.3, 0.4) is 0 Å². The summed E-state index contributed by atoms with van der Waals surface area (Å²) in [6.45, 7) is 16.1. The van der Waals surface area contributed by atoms with Crippen LogP contribution < -0.4 is 21.3 Å². The maximum absolute atomic E-state index is 16.5. The molecule has 0 aliphatic heterocycles. The van der Waals surface area contributed by atoms with Gasteiger partial charge in [-0.2, -0.15) is 0 Å². The third-order valence-corrected chi connectivity index (χ3v) is 19.0. The standard InChI is InChI=1S/C66H100N4O16.CH2O2.2CH4/c1-43(71)13-25-63(26-14-44(2)72,27-15-45(3)73)67-55(83)59-37-60(56(84)68-64(28-16-46(4)74,29-17-47(5)75)30-18-48(6)76)40-61(38-59,57(85)69-65(31-19-49(7)77,32-20-50(8)78)33-21-51(9)79)42-62(39-59,41-60)58(86)70-66(34-22-52(10)80,35-23-53(11)81)36-24-54(12)82;2-1-3;;/h13-42H2,1-12H3,(H,67,83)(H,68,84)(H,69,85)(H,70,86);1H,(H,2,3);2*1H4. The van der Waals surface area contributed by atoms with E-state index in [1.165, 1.54) is 83.1 Å². The maximum Gasteiger partial charge on any atom is 0.290 e. The van der Waals surface area contributed by atoms with Crippen LogP contribution in [-0.4, -0.2) is 127 Å². The van der Waals surface area contributed by atoms with Gasteiger partial charge in [0.05, 0.1) is 21.7 Å². The number of Topliss-reactive ketones (excluding diaryl/α,β-unsaturated/α-hetero) is 12. The Labute approximate surface area is 539 Å². The fourth-order valence-corrected chi connectivity index (χ4v) is 14.3. The first-order valence-corrected chi connectivity index (χ1v) is 31.5. The number of carbonyl (C=O) groups excluding carboxylic acids is 16. The van der Waals surface area contributed by atoms with Gasteiger partial charge in [-0.05, 0) is 199 Å². The van der Waals surface area contributed by atoms with E-state index in [-0.39, 0.29) is 283 Å². The number of nitrogens with one attached hydrogen (secondary N) is 4. The largest absolute Gasteiger partial charge is 0.483 e. The molecule has 4 amide bonds. The summed E-state index contributed by atoms with van der Waals surface area (Å²) in [4.78, 5) is 229. The van der Waals surface area contributed by atoms with Crippen LogP contribution in [-0.2, 0) is 81.5 Å². The number of hydrogen-bond acceptors (Lipinski definition) is 17. The van der Waals surface area contributed by atoms with Crippen molar-refractivity contribution in [3.63, 3.8) is 0 Å². The molecule has 0 atom stereocenters. The van der Waals surface area contributed by atoms with E-state index in [2.05, 4.69) is 21.3 Å². The van der Waals surface area contributed by atoms with Gasteiger partial charge in [-0.3, -0.25) is 24.0 Å². The summed E-state index contributed by atoms with van der Waals surface area (Å²) >= 11 is 0. The monoisotopic (exact) mass is 1280 g/mol. The summed E-state index contributed by atoms with van der Waals surface area (Å²) in [6.07, 6.45) is -3.03. The molecule has 4 fully saturated rings. The molecule has 5 N–H and O–H groups in total. The van der Waals surface area contributed by atoms with Crippen molar-refractivity contribution in [3.8, 4) is 0 Å². The molecule has 0 aromatic rings. The number of carboxylic acid groups (broad SMARTS) is 1. The van der Waals surface area contributed by atoms with E-state index in [0.29, 0.717) is 0 Å². The van der Waals surface area contributed by atoms with Crippen LogP contribution in [0, 0.1) is 21.7 Å². The molecule has 514 valence electrons. The molecule has 0 radical (unpaired) electrons. The summed E-state index contributed by atoms with van der Waals surface area (Å²) in [6, 6.07) is 0. The molecule has 0 aromatic heterocycles. The van der Waals surface area contributed by atoms with E-state index in [9.17, 15) is 57.5 Å². The second kappa shape index (κ2) is 36.6. The summed E-state index contributed by atoms with van der Waals surface area (Å²) in [7, 11) is 0. The highest BCUT2D eigenvalue weighted by Gasteiger charge is 2.76. The van der Waals surface area contributed by atoms with E-state index in [1.54, 1.807) is 0 Å². The number of rotatable bonds is 44. The van der Waals surface area contributed by atoms with Gasteiger partial charge >= 0.3 is 0 Å². The van der Waals surface area contributed by atoms with Crippen molar-refractivity contribution in [1.82, 2.24) is 21.3 Å². The molecular formula is C69H110N4O18. The lowest BCUT2D eigenvalue weighted by atomic mass is 9.34. The minimum absolute atomic E-state index is 0. The normalized spacial score (nSPS) is 19.7. The van der Waals surface area contributed by atoms with Crippen LogP contribution in [0.1, 0.15) is 291 Å². The zero-order chi connectivity index (χ0) is 68.0. The summed E-state index contributed by atoms with van der Waals surface area (Å²) in [5, 5.41) is 19.8. The van der Waals surface area contributed by atoms with Crippen molar-refractivity contribution in [1.29, 1.82) is 0 Å². The van der Waals surface area contributed by atoms with Crippen molar-refractivity contribution in [3.05, 3.63) is 0 Å². The summed E-state index contributed by atoms with van der Waals surface area (Å²) in [5.74, 6) is -5.94. The minimum atomic E-state index is -1.88. The first kappa shape index (κ1) is 84.4. The summed E-state index contributed by atoms with van der Waals surface area (Å²) < 4.78 is 0. The Kier molecular flexibility index (Phi) is 33.9. The molecule has 0 spiro atoms. The first-order chi connectivity index (χ1) is 41.2. The van der Waals surface area contributed by atoms with Crippen LogP contribution in [0.5, 0.6) is 0 Å². The van der Waals surface area contributed by atoms with Crippen molar-refractivity contribution < 1.29 is 86.6 Å². The fraction of sp³-hybridized carbons (Fsp3) is 0.754. The molecule has 4 rings (SSSR count). The van der Waals surface area contributed by atoms with Crippen molar-refractivity contribution >= 4 is 99.5 Å².